The van der Waals surface area contributed by atoms with Crippen molar-refractivity contribution in [3.8, 4) is 11.5 Å². The van der Waals surface area contributed by atoms with Gasteiger partial charge < -0.3 is 20.1 Å². The van der Waals surface area contributed by atoms with Crippen LogP contribution in [0.15, 0.2) is 48.5 Å². The monoisotopic (exact) mass is 328 g/mol. The smallest absolute Gasteiger partial charge is 0.243 e. The van der Waals surface area contributed by atoms with E-state index in [9.17, 15) is 4.79 Å². The summed E-state index contributed by atoms with van der Waals surface area (Å²) < 4.78 is 10.9. The van der Waals surface area contributed by atoms with Gasteiger partial charge in [0.05, 0.1) is 19.8 Å². The summed E-state index contributed by atoms with van der Waals surface area (Å²) in [7, 11) is 0. The van der Waals surface area contributed by atoms with Crippen molar-refractivity contribution in [1.29, 1.82) is 0 Å². The van der Waals surface area contributed by atoms with Crippen molar-refractivity contribution < 1.29 is 14.3 Å². The van der Waals surface area contributed by atoms with Gasteiger partial charge in [0.2, 0.25) is 5.91 Å². The van der Waals surface area contributed by atoms with E-state index in [1.54, 1.807) is 6.07 Å². The van der Waals surface area contributed by atoms with Crippen LogP contribution in [0.4, 0.5) is 11.4 Å². The highest BCUT2D eigenvalue weighted by molar-refractivity contribution is 5.93. The molecule has 0 saturated carbocycles. The van der Waals surface area contributed by atoms with Gasteiger partial charge in [-0.15, -0.1) is 0 Å². The average molecular weight is 328 g/mol. The molecule has 2 N–H and O–H groups in total. The summed E-state index contributed by atoms with van der Waals surface area (Å²) in [5, 5.41) is 5.93. The number of anilines is 2. The summed E-state index contributed by atoms with van der Waals surface area (Å²) >= 11 is 0. The third kappa shape index (κ3) is 5.83. The van der Waals surface area contributed by atoms with Gasteiger partial charge in [-0.25, -0.2) is 0 Å². The molecule has 0 atom stereocenters. The van der Waals surface area contributed by atoms with Crippen LogP contribution in [0.25, 0.3) is 0 Å². The minimum Gasteiger partial charge on any atom is -0.494 e. The predicted molar refractivity (Wildman–Crippen MR) is 97.0 cm³/mol. The quantitative estimate of drug-likeness (QED) is 0.732. The molecule has 0 heterocycles. The fourth-order valence-electron chi connectivity index (χ4n) is 2.11. The number of rotatable bonds is 9. The Kier molecular flexibility index (Phi) is 6.95. The van der Waals surface area contributed by atoms with Crippen LogP contribution < -0.4 is 20.1 Å². The second-order valence-electron chi connectivity index (χ2n) is 5.24. The van der Waals surface area contributed by atoms with Gasteiger partial charge in [-0.1, -0.05) is 13.0 Å². The Hall–Kier alpha value is -2.69. The minimum atomic E-state index is -0.116. The van der Waals surface area contributed by atoms with Crippen LogP contribution in [0, 0.1) is 0 Å². The summed E-state index contributed by atoms with van der Waals surface area (Å²) in [6.45, 7) is 5.48. The van der Waals surface area contributed by atoms with Gasteiger partial charge in [0.25, 0.3) is 0 Å². The van der Waals surface area contributed by atoms with E-state index in [1.165, 1.54) is 0 Å². The molecule has 128 valence electrons. The first kappa shape index (κ1) is 17.7. The zero-order valence-corrected chi connectivity index (χ0v) is 14.2. The molecule has 0 fully saturated rings. The summed E-state index contributed by atoms with van der Waals surface area (Å²) in [5.41, 5.74) is 1.59. The van der Waals surface area contributed by atoms with Crippen LogP contribution in [0.2, 0.25) is 0 Å². The molecule has 2 aromatic carbocycles. The van der Waals surface area contributed by atoms with E-state index in [-0.39, 0.29) is 12.5 Å². The lowest BCUT2D eigenvalue weighted by molar-refractivity contribution is -0.114. The number of carbonyl (C=O) groups is 1. The van der Waals surface area contributed by atoms with Gasteiger partial charge in [-0.05, 0) is 49.7 Å². The topological polar surface area (TPSA) is 59.6 Å². The van der Waals surface area contributed by atoms with Gasteiger partial charge >= 0.3 is 0 Å². The SMILES string of the molecule is CCCOc1ccc(NCC(=O)Nc2cccc(OCC)c2)cc1. The standard InChI is InChI=1S/C19H24N2O3/c1-3-12-24-17-10-8-15(9-11-17)20-14-19(22)21-16-6-5-7-18(13-16)23-4-2/h5-11,13,20H,3-4,12,14H2,1-2H3,(H,21,22). The van der Waals surface area contributed by atoms with Gasteiger partial charge in [0, 0.05) is 17.4 Å². The van der Waals surface area contributed by atoms with Crippen molar-refractivity contribution in [3.05, 3.63) is 48.5 Å². The van der Waals surface area contributed by atoms with E-state index in [1.807, 2.05) is 49.4 Å². The van der Waals surface area contributed by atoms with E-state index < -0.39 is 0 Å². The molecule has 2 aromatic rings. The molecule has 0 aliphatic rings. The maximum atomic E-state index is 12.0. The third-order valence-electron chi connectivity index (χ3n) is 3.21. The Morgan fingerprint density at radius 2 is 1.75 bits per heavy atom. The molecular weight excluding hydrogens is 304 g/mol. The highest BCUT2D eigenvalue weighted by Crippen LogP contribution is 2.18. The van der Waals surface area contributed by atoms with Crippen molar-refractivity contribution in [3.63, 3.8) is 0 Å². The fraction of sp³-hybridized carbons (Fsp3) is 0.316. The summed E-state index contributed by atoms with van der Waals surface area (Å²) in [6.07, 6.45) is 0.977. The molecule has 2 rings (SSSR count). The number of hydrogen-bond acceptors (Lipinski definition) is 4. The zero-order chi connectivity index (χ0) is 17.2. The number of carbonyl (C=O) groups excluding carboxylic acids is 1. The number of benzene rings is 2. The second-order valence-corrected chi connectivity index (χ2v) is 5.24. The summed E-state index contributed by atoms with van der Waals surface area (Å²) in [5.74, 6) is 1.46. The van der Waals surface area contributed by atoms with Crippen molar-refractivity contribution in [2.75, 3.05) is 30.4 Å². The Labute approximate surface area is 143 Å². The first-order valence-corrected chi connectivity index (χ1v) is 8.20. The Balaban J connectivity index is 1.81. The molecule has 0 saturated heterocycles. The Morgan fingerprint density at radius 1 is 0.958 bits per heavy atom. The van der Waals surface area contributed by atoms with Crippen molar-refractivity contribution in [2.24, 2.45) is 0 Å². The first-order chi connectivity index (χ1) is 11.7. The maximum absolute atomic E-state index is 12.0. The summed E-state index contributed by atoms with van der Waals surface area (Å²) in [4.78, 5) is 12.0. The molecule has 5 heteroatoms. The first-order valence-electron chi connectivity index (χ1n) is 8.20. The molecule has 0 aromatic heterocycles. The van der Waals surface area contributed by atoms with Crippen LogP contribution in [0.1, 0.15) is 20.3 Å². The van der Waals surface area contributed by atoms with Gasteiger partial charge in [0.1, 0.15) is 11.5 Å². The molecule has 0 bridgehead atoms. The molecule has 24 heavy (non-hydrogen) atoms. The highest BCUT2D eigenvalue weighted by atomic mass is 16.5. The third-order valence-corrected chi connectivity index (χ3v) is 3.21. The zero-order valence-electron chi connectivity index (χ0n) is 14.2. The normalized spacial score (nSPS) is 10.1. The predicted octanol–water partition coefficient (Wildman–Crippen LogP) is 3.92. The van der Waals surface area contributed by atoms with Crippen LogP contribution in [0.5, 0.6) is 11.5 Å². The van der Waals surface area contributed by atoms with Crippen LogP contribution in [0.3, 0.4) is 0 Å². The highest BCUT2D eigenvalue weighted by Gasteiger charge is 2.04. The van der Waals surface area contributed by atoms with Gasteiger partial charge in [-0.3, -0.25) is 4.79 Å². The van der Waals surface area contributed by atoms with Crippen molar-refractivity contribution >= 4 is 17.3 Å². The van der Waals surface area contributed by atoms with E-state index in [4.69, 9.17) is 9.47 Å². The van der Waals surface area contributed by atoms with Gasteiger partial charge in [-0.2, -0.15) is 0 Å². The summed E-state index contributed by atoms with van der Waals surface area (Å²) in [6, 6.07) is 14.9. The second kappa shape index (κ2) is 9.45. The Bertz CT molecular complexity index is 641. The molecule has 1 amide bonds. The number of hydrogen-bond donors (Lipinski definition) is 2. The molecule has 0 radical (unpaired) electrons. The van der Waals surface area contributed by atoms with E-state index in [0.717, 1.165) is 29.3 Å². The van der Waals surface area contributed by atoms with Gasteiger partial charge in [0.15, 0.2) is 0 Å². The largest absolute Gasteiger partial charge is 0.494 e. The van der Waals surface area contributed by atoms with Crippen LogP contribution in [-0.2, 0) is 4.79 Å². The molecule has 0 unspecified atom stereocenters. The fourth-order valence-corrected chi connectivity index (χ4v) is 2.11. The molecule has 0 spiro atoms. The Morgan fingerprint density at radius 3 is 2.46 bits per heavy atom. The lowest BCUT2D eigenvalue weighted by Gasteiger charge is -2.10. The van der Waals surface area contributed by atoms with E-state index in [0.29, 0.717) is 13.2 Å². The van der Waals surface area contributed by atoms with Crippen molar-refractivity contribution in [2.45, 2.75) is 20.3 Å². The van der Waals surface area contributed by atoms with E-state index in [2.05, 4.69) is 17.6 Å². The number of amides is 1. The molecular formula is C19H24N2O3. The molecule has 5 nitrogen and oxygen atoms in total. The molecule has 0 aliphatic heterocycles. The van der Waals surface area contributed by atoms with Crippen LogP contribution in [-0.4, -0.2) is 25.7 Å². The lowest BCUT2D eigenvalue weighted by atomic mass is 10.3. The molecule has 0 aliphatic carbocycles. The lowest BCUT2D eigenvalue weighted by Crippen LogP contribution is -2.21. The number of nitrogens with one attached hydrogen (secondary N) is 2. The maximum Gasteiger partial charge on any atom is 0.243 e. The van der Waals surface area contributed by atoms with E-state index >= 15 is 0 Å². The minimum absolute atomic E-state index is 0.116. The average Bonchev–Trinajstić information content (AvgIpc) is 2.60. The van der Waals surface area contributed by atoms with Crippen molar-refractivity contribution in [1.82, 2.24) is 0 Å². The van der Waals surface area contributed by atoms with Crippen LogP contribution >= 0.6 is 0 Å². The number of ether oxygens (including phenoxy) is 2.